The monoisotopic (exact) mass is 1390 g/mol. The van der Waals surface area contributed by atoms with Crippen LogP contribution in [0.3, 0.4) is 0 Å². The summed E-state index contributed by atoms with van der Waals surface area (Å²) in [6, 6.07) is 0. The van der Waals surface area contributed by atoms with Crippen molar-refractivity contribution in [2.45, 2.75) is 393 Å². The number of allylic oxidation sites excluding steroid dienone is 4. The highest BCUT2D eigenvalue weighted by Gasteiger charge is 2.30. The molecule has 95 heavy (non-hydrogen) atoms. The summed E-state index contributed by atoms with van der Waals surface area (Å²) in [6.45, 7) is 7.23. The van der Waals surface area contributed by atoms with Gasteiger partial charge in [0.15, 0.2) is 12.2 Å². The SMILES string of the molecule is CCCCCC/C=C\C=C/CCCCCCCC(=O)OC[C@H](COP(=O)(O)OC[C@@H](O)COP(=O)(O)OC[C@@H](COC(=O)CCCCCCCCCCC)OC(=O)CCCCCCCCCCCC)OC(=O)CCCCCCCCCCCCCCCCCCCCC(C)C. The van der Waals surface area contributed by atoms with E-state index in [1.165, 1.54) is 180 Å². The molecule has 2 unspecified atom stereocenters. The van der Waals surface area contributed by atoms with E-state index in [2.05, 4.69) is 58.9 Å². The highest BCUT2D eigenvalue weighted by molar-refractivity contribution is 7.47. The first-order chi connectivity index (χ1) is 46.0. The van der Waals surface area contributed by atoms with Gasteiger partial charge in [-0.2, -0.15) is 0 Å². The van der Waals surface area contributed by atoms with Crippen LogP contribution in [0, 0.1) is 5.92 Å². The van der Waals surface area contributed by atoms with Gasteiger partial charge in [0.2, 0.25) is 0 Å². The number of rotatable bonds is 74. The van der Waals surface area contributed by atoms with E-state index in [0.717, 1.165) is 115 Å². The fourth-order valence-corrected chi connectivity index (χ4v) is 12.7. The zero-order chi connectivity index (χ0) is 69.8. The highest BCUT2D eigenvalue weighted by Crippen LogP contribution is 2.45. The van der Waals surface area contributed by atoms with Crippen molar-refractivity contribution < 1.29 is 80.2 Å². The summed E-state index contributed by atoms with van der Waals surface area (Å²) in [5.74, 6) is -1.33. The number of carbonyl (C=O) groups is 4. The Bertz CT molecular complexity index is 1920. The molecule has 0 aliphatic carbocycles. The summed E-state index contributed by atoms with van der Waals surface area (Å²) in [5, 5.41) is 10.6. The van der Waals surface area contributed by atoms with Crippen LogP contribution in [0.25, 0.3) is 0 Å². The van der Waals surface area contributed by atoms with Gasteiger partial charge in [-0.05, 0) is 57.3 Å². The van der Waals surface area contributed by atoms with Crippen LogP contribution < -0.4 is 0 Å². The zero-order valence-corrected chi connectivity index (χ0v) is 63.1. The topological polar surface area (TPSA) is 237 Å². The maximum absolute atomic E-state index is 13.1. The maximum Gasteiger partial charge on any atom is 0.472 e. The van der Waals surface area contributed by atoms with Gasteiger partial charge in [-0.1, -0.05) is 322 Å². The molecule has 0 fully saturated rings. The van der Waals surface area contributed by atoms with Gasteiger partial charge in [-0.3, -0.25) is 37.3 Å². The normalized spacial score (nSPS) is 14.1. The van der Waals surface area contributed by atoms with E-state index in [9.17, 15) is 43.2 Å². The molecular formula is C76H144O17P2. The molecule has 0 amide bonds. The molecule has 0 rings (SSSR count). The second kappa shape index (κ2) is 68.7. The molecule has 5 atom stereocenters. The van der Waals surface area contributed by atoms with Crippen molar-refractivity contribution in [2.75, 3.05) is 39.6 Å². The number of aliphatic hydroxyl groups is 1. The molecule has 560 valence electrons. The van der Waals surface area contributed by atoms with Crippen LogP contribution in [0.2, 0.25) is 0 Å². The van der Waals surface area contributed by atoms with Gasteiger partial charge >= 0.3 is 39.5 Å². The Balaban J connectivity index is 5.21. The average molecular weight is 1390 g/mol. The predicted octanol–water partition coefficient (Wildman–Crippen LogP) is 22.0. The molecule has 19 heteroatoms. The van der Waals surface area contributed by atoms with Crippen LogP contribution in [0.5, 0.6) is 0 Å². The minimum Gasteiger partial charge on any atom is -0.462 e. The summed E-state index contributed by atoms with van der Waals surface area (Å²) in [5.41, 5.74) is 0. The Morgan fingerprint density at radius 3 is 0.863 bits per heavy atom. The molecule has 0 spiro atoms. The molecule has 0 saturated heterocycles. The van der Waals surface area contributed by atoms with Crippen molar-refractivity contribution in [2.24, 2.45) is 5.92 Å². The van der Waals surface area contributed by atoms with E-state index in [0.29, 0.717) is 25.7 Å². The molecule has 0 radical (unpaired) electrons. The van der Waals surface area contributed by atoms with E-state index >= 15 is 0 Å². The summed E-state index contributed by atoms with van der Waals surface area (Å²) in [4.78, 5) is 72.6. The van der Waals surface area contributed by atoms with Crippen LogP contribution in [0.4, 0.5) is 0 Å². The van der Waals surface area contributed by atoms with Gasteiger partial charge in [0.1, 0.15) is 19.3 Å². The number of ether oxygens (including phenoxy) is 4. The van der Waals surface area contributed by atoms with Gasteiger partial charge in [-0.25, -0.2) is 9.13 Å². The lowest BCUT2D eigenvalue weighted by atomic mass is 10.0. The third kappa shape index (κ3) is 69.8. The third-order valence-corrected chi connectivity index (χ3v) is 19.1. The predicted molar refractivity (Wildman–Crippen MR) is 386 cm³/mol. The first kappa shape index (κ1) is 92.5. The number of unbranched alkanes of at least 4 members (excludes halogenated alkanes) is 43. The number of carbonyl (C=O) groups excluding carboxylic acids is 4. The fraction of sp³-hybridized carbons (Fsp3) is 0.895. The maximum atomic E-state index is 13.1. The Hall–Kier alpha value is -2.46. The van der Waals surface area contributed by atoms with Crippen LogP contribution in [-0.4, -0.2) is 96.7 Å². The summed E-state index contributed by atoms with van der Waals surface area (Å²) in [7, 11) is -9.91. The van der Waals surface area contributed by atoms with Crippen LogP contribution in [-0.2, 0) is 65.4 Å². The lowest BCUT2D eigenvalue weighted by Crippen LogP contribution is -2.30. The van der Waals surface area contributed by atoms with Crippen LogP contribution >= 0.6 is 15.6 Å². The van der Waals surface area contributed by atoms with E-state index in [-0.39, 0.29) is 25.7 Å². The van der Waals surface area contributed by atoms with Crippen molar-refractivity contribution in [1.29, 1.82) is 0 Å². The average Bonchev–Trinajstić information content (AvgIpc) is 3.66. The Morgan fingerprint density at radius 2 is 0.568 bits per heavy atom. The fourth-order valence-electron chi connectivity index (χ4n) is 11.2. The molecule has 3 N–H and O–H groups in total. The van der Waals surface area contributed by atoms with Gasteiger partial charge in [0.25, 0.3) is 0 Å². The molecule has 0 saturated carbocycles. The number of esters is 4. The van der Waals surface area contributed by atoms with Crippen molar-refractivity contribution in [3.05, 3.63) is 24.3 Å². The van der Waals surface area contributed by atoms with Gasteiger partial charge in [-0.15, -0.1) is 0 Å². The molecule has 0 bridgehead atoms. The first-order valence-corrected chi connectivity index (χ1v) is 41.9. The zero-order valence-electron chi connectivity index (χ0n) is 61.3. The molecular weight excluding hydrogens is 1250 g/mol. The Morgan fingerprint density at radius 1 is 0.326 bits per heavy atom. The quantitative estimate of drug-likeness (QED) is 0.0169. The first-order valence-electron chi connectivity index (χ1n) is 39.0. The Labute approximate surface area is 580 Å². The molecule has 0 aliphatic rings. The highest BCUT2D eigenvalue weighted by atomic mass is 31.2. The number of hydrogen-bond acceptors (Lipinski definition) is 15. The summed E-state index contributed by atoms with van der Waals surface area (Å²) >= 11 is 0. The van der Waals surface area contributed by atoms with E-state index < -0.39 is 97.5 Å². The molecule has 0 aromatic heterocycles. The smallest absolute Gasteiger partial charge is 0.462 e. The molecule has 0 aromatic carbocycles. The second-order valence-electron chi connectivity index (χ2n) is 27.2. The van der Waals surface area contributed by atoms with Crippen molar-refractivity contribution in [3.63, 3.8) is 0 Å². The molecule has 0 aromatic rings. The van der Waals surface area contributed by atoms with Gasteiger partial charge in [0, 0.05) is 25.7 Å². The lowest BCUT2D eigenvalue weighted by molar-refractivity contribution is -0.161. The molecule has 0 heterocycles. The standard InChI is InChI=1S/C76H144O17P2/c1-6-9-12-15-18-21-23-24-29-33-36-41-45-50-55-60-74(79)87-66-72(93-76(81)62-57-52-47-42-37-34-31-28-26-25-27-30-32-35-39-43-48-53-58-69(4)5)68-91-95(84,85)89-64-70(77)63-88-94(82,83)90-67-71(65-86-73(78)59-54-49-44-38-20-17-14-11-8-3)92-75(80)61-56-51-46-40-22-19-16-13-10-7-2/h21,23-24,29,69-72,77H,6-20,22,25-28,30-68H2,1-5H3,(H,82,83)(H,84,85)/b23-21-,29-24-/t70-,71+,72+/m0/s1. The molecule has 17 nitrogen and oxygen atoms in total. The van der Waals surface area contributed by atoms with E-state index in [1.54, 1.807) is 0 Å². The summed E-state index contributed by atoms with van der Waals surface area (Å²) < 4.78 is 68.4. The number of phosphoric acid groups is 2. The molecule has 0 aliphatic heterocycles. The Kier molecular flexibility index (Phi) is 66.9. The minimum absolute atomic E-state index is 0.102. The van der Waals surface area contributed by atoms with Crippen molar-refractivity contribution >= 4 is 39.5 Å². The lowest BCUT2D eigenvalue weighted by Gasteiger charge is -2.21. The number of phosphoric ester groups is 2. The summed E-state index contributed by atoms with van der Waals surface area (Å²) in [6.07, 6.45) is 60.5. The number of hydrogen-bond donors (Lipinski definition) is 3. The van der Waals surface area contributed by atoms with Gasteiger partial charge in [0.05, 0.1) is 26.4 Å². The van der Waals surface area contributed by atoms with Crippen molar-refractivity contribution in [3.8, 4) is 0 Å². The van der Waals surface area contributed by atoms with Crippen molar-refractivity contribution in [1.82, 2.24) is 0 Å². The van der Waals surface area contributed by atoms with E-state index in [4.69, 9.17) is 37.0 Å². The number of aliphatic hydroxyl groups excluding tert-OH is 1. The third-order valence-electron chi connectivity index (χ3n) is 17.2. The van der Waals surface area contributed by atoms with Gasteiger partial charge < -0.3 is 33.8 Å². The largest absolute Gasteiger partial charge is 0.472 e. The van der Waals surface area contributed by atoms with Crippen LogP contribution in [0.15, 0.2) is 24.3 Å². The minimum atomic E-state index is -4.96. The van der Waals surface area contributed by atoms with E-state index in [1.807, 2.05) is 0 Å². The van der Waals surface area contributed by atoms with Crippen LogP contribution in [0.1, 0.15) is 375 Å². The second-order valence-corrected chi connectivity index (χ2v) is 30.1.